The molecule has 0 atom stereocenters. The molecule has 126 valence electrons. The van der Waals surface area contributed by atoms with Crippen LogP contribution < -0.4 is 16.6 Å². The summed E-state index contributed by atoms with van der Waals surface area (Å²) in [7, 11) is 1.84. The lowest BCUT2D eigenvalue weighted by molar-refractivity contribution is 0.768. The van der Waals surface area contributed by atoms with Crippen LogP contribution in [-0.4, -0.2) is 29.7 Å². The Hall–Kier alpha value is -3.11. The summed E-state index contributed by atoms with van der Waals surface area (Å²) in [5.74, 6) is 6.83. The largest absolute Gasteiger partial charge is 0.381 e. The van der Waals surface area contributed by atoms with E-state index in [9.17, 15) is 0 Å². The van der Waals surface area contributed by atoms with Crippen LogP contribution in [0.1, 0.15) is 5.69 Å². The molecule has 0 aliphatic carbocycles. The Morgan fingerprint density at radius 2 is 2.08 bits per heavy atom. The molecule has 0 fully saturated rings. The van der Waals surface area contributed by atoms with E-state index in [1.807, 2.05) is 25.4 Å². The summed E-state index contributed by atoms with van der Waals surface area (Å²) < 4.78 is 1.70. The van der Waals surface area contributed by atoms with Crippen molar-refractivity contribution in [3.63, 3.8) is 0 Å². The number of nitrogen functional groups attached to an aromatic ring is 1. The first-order chi connectivity index (χ1) is 12.1. The van der Waals surface area contributed by atoms with E-state index < -0.39 is 0 Å². The predicted octanol–water partition coefficient (Wildman–Crippen LogP) is 1.34. The van der Waals surface area contributed by atoms with E-state index in [2.05, 4.69) is 25.0 Å². The summed E-state index contributed by atoms with van der Waals surface area (Å²) in [6.45, 7) is 0.350. The van der Waals surface area contributed by atoms with Crippen molar-refractivity contribution in [2.24, 2.45) is 12.9 Å². The molecule has 0 amide bonds. The third kappa shape index (κ3) is 2.99. The molecule has 0 saturated carbocycles. The van der Waals surface area contributed by atoms with Gasteiger partial charge in [-0.2, -0.15) is 5.10 Å². The normalized spacial score (nSPS) is 11.1. The maximum Gasteiger partial charge on any atom is 0.186 e. The minimum Gasteiger partial charge on any atom is -0.381 e. The maximum absolute atomic E-state index is 6.18. The zero-order valence-electron chi connectivity index (χ0n) is 13.4. The number of thiazole rings is 1. The van der Waals surface area contributed by atoms with Crippen LogP contribution >= 0.6 is 11.3 Å². The number of nitrogens with zero attached hydrogens (tertiary/aromatic N) is 7. The standard InChI is InChI=1S/C15H15N9S/c1-23-6-9(4-20-23)12-5-18-13(16)14(22-12)24(17)7-10-2-3-11-15(21-10)25-8-19-11/h2-6,8H,7,17H2,1H3,(H2,16,18). The summed E-state index contributed by atoms with van der Waals surface area (Å²) in [6.07, 6.45) is 5.17. The van der Waals surface area contributed by atoms with Crippen LogP contribution in [0.3, 0.4) is 0 Å². The molecule has 0 spiro atoms. The molecule has 4 aromatic rings. The first-order valence-electron chi connectivity index (χ1n) is 7.43. The molecule has 0 aromatic carbocycles. The molecule has 4 aromatic heterocycles. The second kappa shape index (κ2) is 6.07. The molecule has 0 saturated heterocycles. The Kier molecular flexibility index (Phi) is 3.75. The van der Waals surface area contributed by atoms with Gasteiger partial charge in [0.05, 0.1) is 41.4 Å². The van der Waals surface area contributed by atoms with Crippen molar-refractivity contribution in [2.75, 3.05) is 10.7 Å². The average Bonchev–Trinajstić information content (AvgIpc) is 3.23. The van der Waals surface area contributed by atoms with E-state index in [-0.39, 0.29) is 5.82 Å². The number of anilines is 2. The number of aromatic nitrogens is 6. The third-order valence-electron chi connectivity index (χ3n) is 3.64. The van der Waals surface area contributed by atoms with E-state index in [0.717, 1.165) is 21.6 Å². The second-order valence-electron chi connectivity index (χ2n) is 5.47. The molecule has 4 heterocycles. The van der Waals surface area contributed by atoms with Gasteiger partial charge in [0.25, 0.3) is 0 Å². The maximum atomic E-state index is 6.18. The van der Waals surface area contributed by atoms with Crippen LogP contribution in [-0.2, 0) is 13.6 Å². The van der Waals surface area contributed by atoms with E-state index in [0.29, 0.717) is 18.1 Å². The smallest absolute Gasteiger partial charge is 0.186 e. The lowest BCUT2D eigenvalue weighted by atomic mass is 10.2. The van der Waals surface area contributed by atoms with Gasteiger partial charge < -0.3 is 5.73 Å². The Labute approximate surface area is 146 Å². The number of fused-ring (bicyclic) bond motifs is 1. The first kappa shape index (κ1) is 15.4. The number of nitrogens with two attached hydrogens (primary N) is 2. The van der Waals surface area contributed by atoms with Crippen molar-refractivity contribution in [1.29, 1.82) is 0 Å². The zero-order valence-corrected chi connectivity index (χ0v) is 14.2. The highest BCUT2D eigenvalue weighted by atomic mass is 32.1. The van der Waals surface area contributed by atoms with Gasteiger partial charge in [0.1, 0.15) is 4.83 Å². The highest BCUT2D eigenvalue weighted by Gasteiger charge is 2.14. The summed E-state index contributed by atoms with van der Waals surface area (Å²) in [5.41, 5.74) is 10.9. The van der Waals surface area contributed by atoms with Crippen LogP contribution in [0.2, 0.25) is 0 Å². The van der Waals surface area contributed by atoms with Crippen molar-refractivity contribution >= 4 is 33.3 Å². The molecule has 10 heteroatoms. The highest BCUT2D eigenvalue weighted by molar-refractivity contribution is 7.16. The van der Waals surface area contributed by atoms with Gasteiger partial charge in [-0.15, -0.1) is 11.3 Å². The number of rotatable bonds is 4. The van der Waals surface area contributed by atoms with Crippen LogP contribution in [0.5, 0.6) is 0 Å². The molecule has 0 aliphatic rings. The Bertz CT molecular complexity index is 1040. The SMILES string of the molecule is Cn1cc(-c2cnc(N)c(N(N)Cc3ccc4ncsc4n3)n2)cn1. The molecular weight excluding hydrogens is 338 g/mol. The Balaban J connectivity index is 1.63. The number of aryl methyl sites for hydroxylation is 1. The highest BCUT2D eigenvalue weighted by Crippen LogP contribution is 2.23. The van der Waals surface area contributed by atoms with Gasteiger partial charge in [0.15, 0.2) is 11.6 Å². The van der Waals surface area contributed by atoms with Gasteiger partial charge in [-0.1, -0.05) is 0 Å². The fourth-order valence-electron chi connectivity index (χ4n) is 2.42. The molecule has 9 nitrogen and oxygen atoms in total. The van der Waals surface area contributed by atoms with Gasteiger partial charge in [0, 0.05) is 18.8 Å². The van der Waals surface area contributed by atoms with Crippen LogP contribution in [0.25, 0.3) is 21.6 Å². The van der Waals surface area contributed by atoms with Crippen molar-refractivity contribution in [2.45, 2.75) is 6.54 Å². The van der Waals surface area contributed by atoms with Gasteiger partial charge in [-0.05, 0) is 12.1 Å². The number of hydrogen-bond acceptors (Lipinski definition) is 9. The molecule has 25 heavy (non-hydrogen) atoms. The Morgan fingerprint density at radius 3 is 2.88 bits per heavy atom. The number of hydrogen-bond donors (Lipinski definition) is 2. The monoisotopic (exact) mass is 353 g/mol. The quantitative estimate of drug-likeness (QED) is 0.416. The fraction of sp³-hybridized carbons (Fsp3) is 0.133. The predicted molar refractivity (Wildman–Crippen MR) is 96.4 cm³/mol. The minimum atomic E-state index is 0.258. The van der Waals surface area contributed by atoms with Crippen molar-refractivity contribution in [3.8, 4) is 11.3 Å². The van der Waals surface area contributed by atoms with E-state index in [4.69, 9.17) is 11.6 Å². The molecule has 4 N–H and O–H groups in total. The summed E-state index contributed by atoms with van der Waals surface area (Å²) in [4.78, 5) is 18.4. The molecule has 0 unspecified atom stereocenters. The molecule has 0 aliphatic heterocycles. The Morgan fingerprint density at radius 1 is 1.20 bits per heavy atom. The van der Waals surface area contributed by atoms with Crippen LogP contribution in [0.15, 0.2) is 36.2 Å². The zero-order chi connectivity index (χ0) is 17.4. The van der Waals surface area contributed by atoms with Crippen molar-refractivity contribution < 1.29 is 0 Å². The molecule has 4 rings (SSSR count). The van der Waals surface area contributed by atoms with Crippen molar-refractivity contribution in [3.05, 3.63) is 41.9 Å². The average molecular weight is 353 g/mol. The van der Waals surface area contributed by atoms with Gasteiger partial charge in [-0.3, -0.25) is 9.69 Å². The van der Waals surface area contributed by atoms with Crippen LogP contribution in [0, 0.1) is 0 Å². The van der Waals surface area contributed by atoms with E-state index >= 15 is 0 Å². The van der Waals surface area contributed by atoms with E-state index in [1.54, 1.807) is 22.6 Å². The molecule has 0 bridgehead atoms. The van der Waals surface area contributed by atoms with E-state index in [1.165, 1.54) is 16.3 Å². The summed E-state index contributed by atoms with van der Waals surface area (Å²) >= 11 is 1.49. The van der Waals surface area contributed by atoms with Crippen LogP contribution in [0.4, 0.5) is 11.6 Å². The van der Waals surface area contributed by atoms with Gasteiger partial charge >= 0.3 is 0 Å². The number of hydrazine groups is 1. The van der Waals surface area contributed by atoms with Crippen molar-refractivity contribution in [1.82, 2.24) is 29.7 Å². The lowest BCUT2D eigenvalue weighted by Crippen LogP contribution is -2.32. The molecule has 0 radical (unpaired) electrons. The second-order valence-corrected chi connectivity index (χ2v) is 6.31. The van der Waals surface area contributed by atoms with Gasteiger partial charge in [-0.25, -0.2) is 25.8 Å². The summed E-state index contributed by atoms with van der Waals surface area (Å²) in [5, 5.41) is 5.58. The van der Waals surface area contributed by atoms with Gasteiger partial charge in [0.2, 0.25) is 0 Å². The lowest BCUT2D eigenvalue weighted by Gasteiger charge is -2.18. The summed E-state index contributed by atoms with van der Waals surface area (Å²) in [6, 6.07) is 3.81. The molecular formula is C15H15N9S. The first-order valence-corrected chi connectivity index (χ1v) is 8.31. The fourth-order valence-corrected chi connectivity index (χ4v) is 3.10. The number of pyridine rings is 1. The minimum absolute atomic E-state index is 0.258. The third-order valence-corrected chi connectivity index (χ3v) is 4.37. The topological polar surface area (TPSA) is 125 Å².